The molecule has 1 fully saturated rings. The fraction of sp³-hybridized carbons (Fsp3) is 0.824. The highest BCUT2D eigenvalue weighted by Crippen LogP contribution is 2.45. The van der Waals surface area contributed by atoms with Crippen molar-refractivity contribution in [2.75, 3.05) is 24.5 Å². The summed E-state index contributed by atoms with van der Waals surface area (Å²) < 4.78 is 0. The molecule has 0 radical (unpaired) electrons. The molecule has 1 aromatic heterocycles. The summed E-state index contributed by atoms with van der Waals surface area (Å²) in [6.07, 6.45) is 3.62. The largest absolute Gasteiger partial charge is 0.348 e. The van der Waals surface area contributed by atoms with Crippen LogP contribution >= 0.6 is 11.3 Å². The molecule has 0 spiro atoms. The lowest BCUT2D eigenvalue weighted by Gasteiger charge is -2.34. The van der Waals surface area contributed by atoms with Crippen molar-refractivity contribution in [2.24, 2.45) is 10.8 Å². The highest BCUT2D eigenvalue weighted by atomic mass is 32.1. The lowest BCUT2D eigenvalue weighted by Crippen LogP contribution is -2.32. The number of thiazole rings is 1. The van der Waals surface area contributed by atoms with E-state index in [1.54, 1.807) is 0 Å². The average Bonchev–Trinajstić information content (AvgIpc) is 2.91. The Morgan fingerprint density at radius 3 is 2.67 bits per heavy atom. The maximum atomic E-state index is 5.03. The summed E-state index contributed by atoms with van der Waals surface area (Å²) in [5.41, 5.74) is 2.14. The highest BCUT2D eigenvalue weighted by molar-refractivity contribution is 7.15. The number of nitrogens with one attached hydrogen (secondary N) is 1. The Morgan fingerprint density at radius 1 is 1.29 bits per heavy atom. The van der Waals surface area contributed by atoms with E-state index in [4.69, 9.17) is 4.98 Å². The van der Waals surface area contributed by atoms with Crippen molar-refractivity contribution in [1.82, 2.24) is 10.3 Å². The standard InChI is InChI=1S/C17H29N3S/c1-6-18-12-9-17(4,5)10-13-14(12)21-15(19-13)20-8-7-16(2,3)11-20/h12,18H,6-11H2,1-5H3. The van der Waals surface area contributed by atoms with Gasteiger partial charge in [-0.1, -0.05) is 46.0 Å². The molecule has 0 saturated carbocycles. The Hall–Kier alpha value is -0.610. The zero-order valence-electron chi connectivity index (χ0n) is 14.1. The van der Waals surface area contributed by atoms with Gasteiger partial charge < -0.3 is 10.2 Å². The van der Waals surface area contributed by atoms with Gasteiger partial charge in [0.15, 0.2) is 5.13 Å². The molecule has 1 atom stereocenters. The first-order chi connectivity index (χ1) is 9.80. The van der Waals surface area contributed by atoms with Crippen molar-refractivity contribution in [3.63, 3.8) is 0 Å². The molecule has 0 aromatic carbocycles. The van der Waals surface area contributed by atoms with Gasteiger partial charge in [0.2, 0.25) is 0 Å². The molecule has 1 saturated heterocycles. The van der Waals surface area contributed by atoms with Crippen LogP contribution in [0.25, 0.3) is 0 Å². The Balaban J connectivity index is 1.87. The third kappa shape index (κ3) is 3.11. The van der Waals surface area contributed by atoms with Crippen LogP contribution < -0.4 is 10.2 Å². The van der Waals surface area contributed by atoms with Gasteiger partial charge in [-0.2, -0.15) is 0 Å². The average molecular weight is 308 g/mol. The number of rotatable bonds is 3. The molecule has 0 amide bonds. The fourth-order valence-corrected chi connectivity index (χ4v) is 4.92. The van der Waals surface area contributed by atoms with E-state index >= 15 is 0 Å². The maximum absolute atomic E-state index is 5.03. The van der Waals surface area contributed by atoms with Crippen LogP contribution in [0, 0.1) is 10.8 Å². The number of aromatic nitrogens is 1. The molecule has 1 aliphatic heterocycles. The third-order valence-electron chi connectivity index (χ3n) is 4.83. The molecular weight excluding hydrogens is 278 g/mol. The molecule has 1 aromatic rings. The summed E-state index contributed by atoms with van der Waals surface area (Å²) in [4.78, 5) is 9.03. The Morgan fingerprint density at radius 2 is 2.05 bits per heavy atom. The molecule has 3 nitrogen and oxygen atoms in total. The van der Waals surface area contributed by atoms with Crippen LogP contribution in [0.4, 0.5) is 5.13 Å². The second kappa shape index (κ2) is 5.24. The quantitative estimate of drug-likeness (QED) is 0.915. The first-order valence-corrected chi connectivity index (χ1v) is 9.09. The van der Waals surface area contributed by atoms with Crippen LogP contribution in [0.2, 0.25) is 0 Å². The van der Waals surface area contributed by atoms with Crippen LogP contribution in [0.15, 0.2) is 0 Å². The molecule has 2 aliphatic rings. The molecule has 118 valence electrons. The Bertz CT molecular complexity index is 518. The van der Waals surface area contributed by atoms with E-state index in [0.29, 0.717) is 16.9 Å². The van der Waals surface area contributed by atoms with Gasteiger partial charge in [-0.05, 0) is 36.6 Å². The monoisotopic (exact) mass is 307 g/mol. The van der Waals surface area contributed by atoms with Crippen molar-refractivity contribution in [3.05, 3.63) is 10.6 Å². The van der Waals surface area contributed by atoms with E-state index in [1.807, 2.05) is 11.3 Å². The van der Waals surface area contributed by atoms with Crippen molar-refractivity contribution in [1.29, 1.82) is 0 Å². The first-order valence-electron chi connectivity index (χ1n) is 8.28. The van der Waals surface area contributed by atoms with Gasteiger partial charge in [-0.3, -0.25) is 0 Å². The van der Waals surface area contributed by atoms with E-state index in [-0.39, 0.29) is 0 Å². The maximum Gasteiger partial charge on any atom is 0.185 e. The number of anilines is 1. The predicted octanol–water partition coefficient (Wildman–Crippen LogP) is 4.00. The predicted molar refractivity (Wildman–Crippen MR) is 91.2 cm³/mol. The van der Waals surface area contributed by atoms with Crippen LogP contribution in [0.5, 0.6) is 0 Å². The second-order valence-electron chi connectivity index (χ2n) is 8.30. The topological polar surface area (TPSA) is 28.2 Å². The molecule has 0 bridgehead atoms. The minimum absolute atomic E-state index is 0.357. The molecule has 1 unspecified atom stereocenters. The van der Waals surface area contributed by atoms with Crippen molar-refractivity contribution < 1.29 is 0 Å². The van der Waals surface area contributed by atoms with E-state index in [0.717, 1.165) is 26.1 Å². The molecule has 3 rings (SSSR count). The number of hydrogen-bond donors (Lipinski definition) is 1. The number of nitrogens with zero attached hydrogens (tertiary/aromatic N) is 2. The van der Waals surface area contributed by atoms with Gasteiger partial charge in [0.25, 0.3) is 0 Å². The minimum Gasteiger partial charge on any atom is -0.348 e. The van der Waals surface area contributed by atoms with E-state index in [1.165, 1.54) is 28.5 Å². The molecule has 2 heterocycles. The smallest absolute Gasteiger partial charge is 0.185 e. The molecule has 21 heavy (non-hydrogen) atoms. The number of hydrogen-bond acceptors (Lipinski definition) is 4. The molecular formula is C17H29N3S. The zero-order valence-corrected chi connectivity index (χ0v) is 14.9. The lowest BCUT2D eigenvalue weighted by atomic mass is 9.76. The van der Waals surface area contributed by atoms with Gasteiger partial charge in [-0.15, -0.1) is 0 Å². The van der Waals surface area contributed by atoms with Gasteiger partial charge in [0, 0.05) is 24.0 Å². The van der Waals surface area contributed by atoms with Crippen LogP contribution in [0.3, 0.4) is 0 Å². The van der Waals surface area contributed by atoms with Crippen molar-refractivity contribution in [2.45, 2.75) is 59.9 Å². The summed E-state index contributed by atoms with van der Waals surface area (Å²) in [7, 11) is 0. The van der Waals surface area contributed by atoms with Crippen molar-refractivity contribution in [3.8, 4) is 0 Å². The molecule has 4 heteroatoms. The second-order valence-corrected chi connectivity index (χ2v) is 9.31. The first kappa shape index (κ1) is 15.3. The summed E-state index contributed by atoms with van der Waals surface area (Å²) in [6, 6.07) is 0.496. The summed E-state index contributed by atoms with van der Waals surface area (Å²) >= 11 is 1.93. The Kier molecular flexibility index (Phi) is 3.81. The summed E-state index contributed by atoms with van der Waals surface area (Å²) in [5.74, 6) is 0. The summed E-state index contributed by atoms with van der Waals surface area (Å²) in [6.45, 7) is 15.0. The van der Waals surface area contributed by atoms with Gasteiger partial charge >= 0.3 is 0 Å². The zero-order chi connectivity index (χ0) is 15.3. The fourth-order valence-electron chi connectivity index (χ4n) is 3.74. The van der Waals surface area contributed by atoms with E-state index in [2.05, 4.69) is 44.8 Å². The van der Waals surface area contributed by atoms with Crippen LogP contribution in [-0.2, 0) is 6.42 Å². The normalized spacial score (nSPS) is 26.9. The minimum atomic E-state index is 0.357. The highest BCUT2D eigenvalue weighted by Gasteiger charge is 2.37. The summed E-state index contributed by atoms with van der Waals surface area (Å²) in [5, 5.41) is 4.92. The number of fused-ring (bicyclic) bond motifs is 1. The van der Waals surface area contributed by atoms with E-state index in [9.17, 15) is 0 Å². The lowest BCUT2D eigenvalue weighted by molar-refractivity contribution is 0.260. The van der Waals surface area contributed by atoms with Crippen molar-refractivity contribution >= 4 is 16.5 Å². The molecule has 1 N–H and O–H groups in total. The van der Waals surface area contributed by atoms with Gasteiger partial charge in [0.1, 0.15) is 0 Å². The SMILES string of the molecule is CCNC1CC(C)(C)Cc2nc(N3CCC(C)(C)C3)sc21. The third-order valence-corrected chi connectivity index (χ3v) is 6.11. The van der Waals surface area contributed by atoms with E-state index < -0.39 is 0 Å². The molecule has 1 aliphatic carbocycles. The van der Waals surface area contributed by atoms with Gasteiger partial charge in [0.05, 0.1) is 5.69 Å². The van der Waals surface area contributed by atoms with Crippen LogP contribution in [0.1, 0.15) is 64.1 Å². The van der Waals surface area contributed by atoms with Gasteiger partial charge in [-0.25, -0.2) is 4.98 Å². The van der Waals surface area contributed by atoms with Crippen LogP contribution in [-0.4, -0.2) is 24.6 Å². The Labute approximate surface area is 133 Å².